The molecule has 1 saturated carbocycles. The van der Waals surface area contributed by atoms with E-state index in [0.29, 0.717) is 0 Å². The number of rotatable bonds is 4. The van der Waals surface area contributed by atoms with Crippen LogP contribution in [0.5, 0.6) is 0 Å². The van der Waals surface area contributed by atoms with E-state index >= 15 is 0 Å². The van der Waals surface area contributed by atoms with Crippen LogP contribution in [-0.4, -0.2) is 56.9 Å². The molecule has 0 spiro atoms. The SMILES string of the molecule is CC(=O)O[C@@H]1C[C@@H](N=[N+]=[N-])[C@H](OS(C)(=O)=O)[C@@H]2OC(C)(C)O[C@@H]21. The van der Waals surface area contributed by atoms with Crippen molar-refractivity contribution in [3.63, 3.8) is 0 Å². The van der Waals surface area contributed by atoms with Gasteiger partial charge < -0.3 is 14.2 Å². The molecule has 5 atom stereocenters. The molecule has 0 aromatic carbocycles. The molecule has 0 bridgehead atoms. The largest absolute Gasteiger partial charge is 0.460 e. The van der Waals surface area contributed by atoms with Gasteiger partial charge in [0.15, 0.2) is 5.79 Å². The molecule has 0 unspecified atom stereocenters. The number of hydrogen-bond acceptors (Lipinski definition) is 8. The molecule has 0 N–H and O–H groups in total. The summed E-state index contributed by atoms with van der Waals surface area (Å²) in [6.45, 7) is 4.55. The Bertz CT molecular complexity index is 629. The Kier molecular flexibility index (Phi) is 4.88. The van der Waals surface area contributed by atoms with Gasteiger partial charge in [0.05, 0.1) is 12.3 Å². The van der Waals surface area contributed by atoms with E-state index in [4.69, 9.17) is 23.9 Å². The molecule has 1 aliphatic heterocycles. The van der Waals surface area contributed by atoms with E-state index in [1.54, 1.807) is 13.8 Å². The highest BCUT2D eigenvalue weighted by atomic mass is 32.2. The van der Waals surface area contributed by atoms with Crippen LogP contribution in [0.1, 0.15) is 27.2 Å². The van der Waals surface area contributed by atoms with Crippen LogP contribution in [0.15, 0.2) is 5.11 Å². The summed E-state index contributed by atoms with van der Waals surface area (Å²) in [4.78, 5) is 14.0. The smallest absolute Gasteiger partial charge is 0.302 e. The van der Waals surface area contributed by atoms with Gasteiger partial charge in [0, 0.05) is 11.8 Å². The first kappa shape index (κ1) is 18.0. The van der Waals surface area contributed by atoms with Crippen LogP contribution in [0.25, 0.3) is 10.4 Å². The van der Waals surface area contributed by atoms with E-state index < -0.39 is 52.3 Å². The summed E-state index contributed by atoms with van der Waals surface area (Å²) >= 11 is 0. The summed E-state index contributed by atoms with van der Waals surface area (Å²) in [5.41, 5.74) is 8.72. The molecule has 2 rings (SSSR count). The molecule has 1 heterocycles. The maximum atomic E-state index is 11.5. The Labute approximate surface area is 133 Å². The number of ether oxygens (including phenoxy) is 3. The number of carbonyl (C=O) groups is 1. The Morgan fingerprint density at radius 1 is 1.35 bits per heavy atom. The number of hydrogen-bond donors (Lipinski definition) is 0. The number of nitrogens with zero attached hydrogens (tertiary/aromatic N) is 3. The molecule has 0 aromatic rings. The molecule has 0 radical (unpaired) electrons. The van der Waals surface area contributed by atoms with Gasteiger partial charge in [-0.15, -0.1) is 0 Å². The molecular formula is C12H19N3O7S. The molecule has 0 aromatic heterocycles. The van der Waals surface area contributed by atoms with E-state index in [0.717, 1.165) is 6.26 Å². The van der Waals surface area contributed by atoms with Gasteiger partial charge in [0.25, 0.3) is 10.1 Å². The van der Waals surface area contributed by atoms with E-state index in [1.807, 2.05) is 0 Å². The molecule has 1 aliphatic carbocycles. The predicted molar refractivity (Wildman–Crippen MR) is 76.6 cm³/mol. The molecule has 2 fully saturated rings. The molecule has 1 saturated heterocycles. The van der Waals surface area contributed by atoms with Crippen LogP contribution >= 0.6 is 0 Å². The first-order chi connectivity index (χ1) is 10.5. The Morgan fingerprint density at radius 2 is 1.96 bits per heavy atom. The summed E-state index contributed by atoms with van der Waals surface area (Å²) in [7, 11) is -3.82. The molecule has 11 heteroatoms. The van der Waals surface area contributed by atoms with E-state index in [2.05, 4.69) is 10.0 Å². The van der Waals surface area contributed by atoms with E-state index in [1.165, 1.54) is 6.92 Å². The Morgan fingerprint density at radius 3 is 2.48 bits per heavy atom. The standard InChI is InChI=1S/C12H19N3O7S/c1-6(16)19-8-5-7(14-15-13)9(22-23(4,17)18)11-10(8)20-12(2,3)21-11/h7-11H,5H2,1-4H3/t7-,8-,9+,10-,11+/m1/s1. The van der Waals surface area contributed by atoms with Gasteiger partial charge in [0.1, 0.15) is 24.4 Å². The minimum Gasteiger partial charge on any atom is -0.460 e. The molecule has 10 nitrogen and oxygen atoms in total. The number of esters is 1. The average molecular weight is 349 g/mol. The second kappa shape index (κ2) is 6.25. The van der Waals surface area contributed by atoms with Gasteiger partial charge in [-0.1, -0.05) is 5.11 Å². The highest BCUT2D eigenvalue weighted by Gasteiger charge is 2.56. The van der Waals surface area contributed by atoms with Crippen LogP contribution in [0.4, 0.5) is 0 Å². The average Bonchev–Trinajstić information content (AvgIpc) is 2.68. The fourth-order valence-corrected chi connectivity index (χ4v) is 3.55. The normalized spacial score (nSPS) is 35.9. The van der Waals surface area contributed by atoms with Crippen molar-refractivity contribution < 1.29 is 31.6 Å². The first-order valence-corrected chi connectivity index (χ1v) is 8.79. The molecule has 130 valence electrons. The van der Waals surface area contributed by atoms with Crippen LogP contribution < -0.4 is 0 Å². The monoisotopic (exact) mass is 349 g/mol. The van der Waals surface area contributed by atoms with Crippen molar-refractivity contribution in [2.75, 3.05) is 6.26 Å². The van der Waals surface area contributed by atoms with E-state index in [-0.39, 0.29) is 6.42 Å². The van der Waals surface area contributed by atoms with Crippen molar-refractivity contribution in [3.8, 4) is 0 Å². The van der Waals surface area contributed by atoms with Crippen molar-refractivity contribution in [3.05, 3.63) is 10.4 Å². The lowest BCUT2D eigenvalue weighted by Gasteiger charge is -2.38. The third-order valence-corrected chi connectivity index (χ3v) is 4.08. The predicted octanol–water partition coefficient (Wildman–Crippen LogP) is 0.866. The second-order valence-electron chi connectivity index (χ2n) is 5.99. The Hall–Kier alpha value is -1.39. The topological polar surface area (TPSA) is 137 Å². The van der Waals surface area contributed by atoms with Crippen LogP contribution in [0, 0.1) is 0 Å². The van der Waals surface area contributed by atoms with Crippen LogP contribution in [-0.2, 0) is 33.3 Å². The van der Waals surface area contributed by atoms with E-state index in [9.17, 15) is 13.2 Å². The van der Waals surface area contributed by atoms with Crippen molar-refractivity contribution in [1.29, 1.82) is 0 Å². The van der Waals surface area contributed by atoms with Gasteiger partial charge in [0.2, 0.25) is 0 Å². The van der Waals surface area contributed by atoms with Gasteiger partial charge >= 0.3 is 5.97 Å². The zero-order valence-corrected chi connectivity index (χ0v) is 14.0. The van der Waals surface area contributed by atoms with Crippen molar-refractivity contribution >= 4 is 16.1 Å². The van der Waals surface area contributed by atoms with Crippen molar-refractivity contribution in [1.82, 2.24) is 0 Å². The van der Waals surface area contributed by atoms with Crippen molar-refractivity contribution in [2.45, 2.75) is 63.4 Å². The second-order valence-corrected chi connectivity index (χ2v) is 7.59. The third-order valence-electron chi connectivity index (χ3n) is 3.51. The highest BCUT2D eigenvalue weighted by molar-refractivity contribution is 7.86. The molecule has 2 aliphatic rings. The fourth-order valence-electron chi connectivity index (χ4n) is 2.91. The lowest BCUT2D eigenvalue weighted by molar-refractivity contribution is -0.169. The van der Waals surface area contributed by atoms with Gasteiger partial charge in [-0.05, 0) is 25.8 Å². The maximum absolute atomic E-state index is 11.5. The quantitative estimate of drug-likeness (QED) is 0.241. The summed E-state index contributed by atoms with van der Waals surface area (Å²) < 4.78 is 44.8. The number of azide groups is 1. The highest BCUT2D eigenvalue weighted by Crippen LogP contribution is 2.40. The van der Waals surface area contributed by atoms with Gasteiger partial charge in [-0.25, -0.2) is 0 Å². The lowest BCUT2D eigenvalue weighted by atomic mass is 9.86. The van der Waals surface area contributed by atoms with Crippen molar-refractivity contribution in [2.24, 2.45) is 5.11 Å². The summed E-state index contributed by atoms with van der Waals surface area (Å²) in [6, 6.07) is -0.877. The zero-order chi connectivity index (χ0) is 17.4. The zero-order valence-electron chi connectivity index (χ0n) is 13.2. The first-order valence-electron chi connectivity index (χ1n) is 6.98. The number of carbonyl (C=O) groups excluding carboxylic acids is 1. The van der Waals surface area contributed by atoms with Crippen LogP contribution in [0.3, 0.4) is 0 Å². The summed E-state index contributed by atoms with van der Waals surface area (Å²) in [6.07, 6.45) is -2.38. The Balaban J connectivity index is 2.37. The summed E-state index contributed by atoms with van der Waals surface area (Å²) in [5.74, 6) is -1.54. The minimum absolute atomic E-state index is 0.0738. The summed E-state index contributed by atoms with van der Waals surface area (Å²) in [5, 5.41) is 3.58. The number of fused-ring (bicyclic) bond motifs is 1. The molecule has 23 heavy (non-hydrogen) atoms. The lowest BCUT2D eigenvalue weighted by Crippen LogP contribution is -2.56. The fraction of sp³-hybridized carbons (Fsp3) is 0.917. The third kappa shape index (κ3) is 4.33. The minimum atomic E-state index is -3.82. The maximum Gasteiger partial charge on any atom is 0.302 e. The van der Waals surface area contributed by atoms with Gasteiger partial charge in [-0.2, -0.15) is 8.42 Å². The molecule has 0 amide bonds. The van der Waals surface area contributed by atoms with Gasteiger partial charge in [-0.3, -0.25) is 8.98 Å². The van der Waals surface area contributed by atoms with Crippen LogP contribution in [0.2, 0.25) is 0 Å². The molecular weight excluding hydrogens is 330 g/mol.